The SMILES string of the molecule is Cc1ccc(C(=O)OC(C)C(=O)Nc2cccc3ncccc23)cc1S(N)(=O)=O. The maximum Gasteiger partial charge on any atom is 0.338 e. The van der Waals surface area contributed by atoms with Gasteiger partial charge in [0.05, 0.1) is 21.7 Å². The molecule has 0 spiro atoms. The Hall–Kier alpha value is -3.30. The number of aromatic nitrogens is 1. The molecule has 0 saturated heterocycles. The highest BCUT2D eigenvalue weighted by atomic mass is 32.2. The molecular weight excluding hydrogens is 394 g/mol. The summed E-state index contributed by atoms with van der Waals surface area (Å²) in [6.07, 6.45) is 0.532. The quantitative estimate of drug-likeness (QED) is 0.618. The first-order chi connectivity index (χ1) is 13.7. The fourth-order valence-electron chi connectivity index (χ4n) is 2.76. The van der Waals surface area contributed by atoms with Crippen LogP contribution in [0.5, 0.6) is 0 Å². The molecule has 0 bridgehead atoms. The van der Waals surface area contributed by atoms with E-state index in [0.717, 1.165) is 11.5 Å². The third kappa shape index (κ3) is 4.58. The van der Waals surface area contributed by atoms with Gasteiger partial charge in [-0.05, 0) is 55.8 Å². The maximum atomic E-state index is 12.5. The van der Waals surface area contributed by atoms with E-state index >= 15 is 0 Å². The van der Waals surface area contributed by atoms with Gasteiger partial charge in [-0.1, -0.05) is 12.1 Å². The van der Waals surface area contributed by atoms with Gasteiger partial charge >= 0.3 is 5.97 Å². The minimum atomic E-state index is -3.99. The molecule has 1 aromatic heterocycles. The van der Waals surface area contributed by atoms with E-state index in [1.54, 1.807) is 31.3 Å². The molecule has 150 valence electrons. The number of anilines is 1. The number of carbonyl (C=O) groups excluding carboxylic acids is 2. The first-order valence-electron chi connectivity index (χ1n) is 8.66. The fourth-order valence-corrected chi connectivity index (χ4v) is 3.57. The number of hydrogen-bond donors (Lipinski definition) is 2. The minimum Gasteiger partial charge on any atom is -0.449 e. The maximum absolute atomic E-state index is 12.5. The number of aryl methyl sites for hydroxylation is 1. The Labute approximate surface area is 167 Å². The number of amides is 1. The number of esters is 1. The van der Waals surface area contributed by atoms with Crippen LogP contribution in [0.4, 0.5) is 5.69 Å². The molecule has 8 nitrogen and oxygen atoms in total. The first-order valence-corrected chi connectivity index (χ1v) is 10.2. The molecule has 29 heavy (non-hydrogen) atoms. The van der Waals surface area contributed by atoms with Crippen molar-refractivity contribution < 1.29 is 22.7 Å². The summed E-state index contributed by atoms with van der Waals surface area (Å²) in [6, 6.07) is 12.8. The van der Waals surface area contributed by atoms with Gasteiger partial charge in [0.15, 0.2) is 6.10 Å². The summed E-state index contributed by atoms with van der Waals surface area (Å²) in [7, 11) is -3.99. The van der Waals surface area contributed by atoms with E-state index in [1.807, 2.05) is 12.1 Å². The lowest BCUT2D eigenvalue weighted by Crippen LogP contribution is -2.30. The van der Waals surface area contributed by atoms with Gasteiger partial charge in [-0.15, -0.1) is 0 Å². The Kier molecular flexibility index (Phi) is 5.62. The van der Waals surface area contributed by atoms with E-state index in [-0.39, 0.29) is 10.5 Å². The van der Waals surface area contributed by atoms with Crippen molar-refractivity contribution in [1.29, 1.82) is 0 Å². The average Bonchev–Trinajstić information content (AvgIpc) is 2.67. The zero-order valence-corrected chi connectivity index (χ0v) is 16.6. The Balaban J connectivity index is 1.75. The molecule has 3 aromatic rings. The summed E-state index contributed by atoms with van der Waals surface area (Å²) in [5.74, 6) is -1.37. The van der Waals surface area contributed by atoms with Crippen molar-refractivity contribution >= 4 is 38.5 Å². The van der Waals surface area contributed by atoms with Gasteiger partial charge in [0.25, 0.3) is 5.91 Å². The summed E-state index contributed by atoms with van der Waals surface area (Å²) in [4.78, 5) is 28.9. The van der Waals surface area contributed by atoms with E-state index in [4.69, 9.17) is 9.88 Å². The highest BCUT2D eigenvalue weighted by Gasteiger charge is 2.21. The third-order valence-corrected chi connectivity index (χ3v) is 5.34. The molecule has 1 amide bonds. The number of ether oxygens (including phenoxy) is 1. The first kappa shape index (κ1) is 20.4. The van der Waals surface area contributed by atoms with Crippen LogP contribution in [0.2, 0.25) is 0 Å². The smallest absolute Gasteiger partial charge is 0.338 e. The van der Waals surface area contributed by atoms with Crippen molar-refractivity contribution in [3.8, 4) is 0 Å². The van der Waals surface area contributed by atoms with Crippen LogP contribution in [-0.4, -0.2) is 31.4 Å². The lowest BCUT2D eigenvalue weighted by molar-refractivity contribution is -0.123. The minimum absolute atomic E-state index is 0.0198. The molecule has 3 rings (SSSR count). The molecule has 3 N–H and O–H groups in total. The lowest BCUT2D eigenvalue weighted by atomic mass is 10.1. The van der Waals surface area contributed by atoms with Gasteiger partial charge in [0, 0.05) is 11.6 Å². The lowest BCUT2D eigenvalue weighted by Gasteiger charge is -2.15. The van der Waals surface area contributed by atoms with Gasteiger partial charge in [-0.3, -0.25) is 9.78 Å². The predicted molar refractivity (Wildman–Crippen MR) is 108 cm³/mol. The highest BCUT2D eigenvalue weighted by Crippen LogP contribution is 2.22. The second-order valence-corrected chi connectivity index (χ2v) is 7.97. The number of carbonyl (C=O) groups is 2. The summed E-state index contributed by atoms with van der Waals surface area (Å²) in [5.41, 5.74) is 1.63. The largest absolute Gasteiger partial charge is 0.449 e. The molecule has 1 atom stereocenters. The number of nitrogens with two attached hydrogens (primary N) is 1. The topological polar surface area (TPSA) is 128 Å². The number of hydrogen-bond acceptors (Lipinski definition) is 6. The van der Waals surface area contributed by atoms with Crippen LogP contribution in [0.3, 0.4) is 0 Å². The zero-order chi connectivity index (χ0) is 21.2. The molecule has 1 unspecified atom stereocenters. The van der Waals surface area contributed by atoms with Crippen LogP contribution >= 0.6 is 0 Å². The number of rotatable bonds is 5. The number of nitrogens with zero attached hydrogens (tertiary/aromatic N) is 1. The Morgan fingerprint density at radius 3 is 2.62 bits per heavy atom. The van der Waals surface area contributed by atoms with Crippen molar-refractivity contribution in [3.05, 3.63) is 65.9 Å². The third-order valence-electron chi connectivity index (χ3n) is 4.29. The van der Waals surface area contributed by atoms with Crippen LogP contribution in [0.25, 0.3) is 10.9 Å². The number of sulfonamides is 1. The highest BCUT2D eigenvalue weighted by molar-refractivity contribution is 7.89. The molecule has 2 aromatic carbocycles. The van der Waals surface area contributed by atoms with E-state index in [0.29, 0.717) is 16.8 Å². The normalized spacial score (nSPS) is 12.4. The summed E-state index contributed by atoms with van der Waals surface area (Å²) in [5, 5.41) is 8.62. The van der Waals surface area contributed by atoms with E-state index in [2.05, 4.69) is 10.3 Å². The number of benzene rings is 2. The van der Waals surface area contributed by atoms with E-state index < -0.39 is 28.0 Å². The van der Waals surface area contributed by atoms with Gasteiger partial charge < -0.3 is 10.1 Å². The Bertz CT molecular complexity index is 1200. The molecule has 1 heterocycles. The number of pyridine rings is 1. The van der Waals surface area contributed by atoms with Crippen LogP contribution in [0.1, 0.15) is 22.8 Å². The number of primary sulfonamides is 1. The van der Waals surface area contributed by atoms with Crippen molar-refractivity contribution in [2.24, 2.45) is 5.14 Å². The standard InChI is InChI=1S/C20H19N3O5S/c1-12-8-9-14(11-18(12)29(21,26)27)20(25)28-13(2)19(24)23-17-7-3-6-16-15(17)5-4-10-22-16/h3-11,13H,1-2H3,(H,23,24)(H2,21,26,27). The number of fused-ring (bicyclic) bond motifs is 1. The molecule has 0 saturated carbocycles. The van der Waals surface area contributed by atoms with Crippen molar-refractivity contribution in [2.75, 3.05) is 5.32 Å². The fraction of sp³-hybridized carbons (Fsp3) is 0.150. The van der Waals surface area contributed by atoms with E-state index in [1.165, 1.54) is 19.1 Å². The zero-order valence-electron chi connectivity index (χ0n) is 15.7. The van der Waals surface area contributed by atoms with Crippen LogP contribution < -0.4 is 10.5 Å². The van der Waals surface area contributed by atoms with Gasteiger partial charge in [0.2, 0.25) is 10.0 Å². The van der Waals surface area contributed by atoms with Crippen molar-refractivity contribution in [3.63, 3.8) is 0 Å². The van der Waals surface area contributed by atoms with Gasteiger partial charge in [-0.25, -0.2) is 18.4 Å². The van der Waals surface area contributed by atoms with E-state index in [9.17, 15) is 18.0 Å². The molecule has 0 fully saturated rings. The molecule has 0 radical (unpaired) electrons. The summed E-state index contributed by atoms with van der Waals surface area (Å²) < 4.78 is 28.4. The monoisotopic (exact) mass is 413 g/mol. The molecule has 0 aliphatic heterocycles. The van der Waals surface area contributed by atoms with Crippen molar-refractivity contribution in [2.45, 2.75) is 24.8 Å². The number of nitrogens with one attached hydrogen (secondary N) is 1. The van der Waals surface area contributed by atoms with Crippen LogP contribution in [-0.2, 0) is 19.6 Å². The molecule has 0 aliphatic carbocycles. The summed E-state index contributed by atoms with van der Waals surface area (Å²) >= 11 is 0. The second-order valence-electron chi connectivity index (χ2n) is 6.44. The van der Waals surface area contributed by atoms with Gasteiger partial charge in [0.1, 0.15) is 0 Å². The van der Waals surface area contributed by atoms with Gasteiger partial charge in [-0.2, -0.15) is 0 Å². The Morgan fingerprint density at radius 1 is 1.14 bits per heavy atom. The predicted octanol–water partition coefficient (Wildman–Crippen LogP) is 2.37. The molecule has 0 aliphatic rings. The molecular formula is C20H19N3O5S. The van der Waals surface area contributed by atoms with Crippen LogP contribution in [0, 0.1) is 6.92 Å². The average molecular weight is 413 g/mol. The second kappa shape index (κ2) is 7.98. The summed E-state index contributed by atoms with van der Waals surface area (Å²) in [6.45, 7) is 2.98. The Morgan fingerprint density at radius 2 is 1.90 bits per heavy atom. The molecule has 9 heteroatoms. The van der Waals surface area contributed by atoms with Crippen molar-refractivity contribution in [1.82, 2.24) is 4.98 Å². The van der Waals surface area contributed by atoms with Crippen LogP contribution in [0.15, 0.2) is 59.6 Å².